The van der Waals surface area contributed by atoms with Crippen LogP contribution >= 0.6 is 11.3 Å². The summed E-state index contributed by atoms with van der Waals surface area (Å²) in [4.78, 5) is 19.6. The molecule has 4 rings (SSSR count). The molecule has 1 aromatic carbocycles. The topological polar surface area (TPSA) is 46.8 Å². The van der Waals surface area contributed by atoms with Gasteiger partial charge in [0.15, 0.2) is 4.96 Å². The van der Waals surface area contributed by atoms with E-state index in [0.29, 0.717) is 34.4 Å². The van der Waals surface area contributed by atoms with E-state index in [1.54, 1.807) is 34.0 Å². The minimum absolute atomic E-state index is 0.129. The van der Waals surface area contributed by atoms with Gasteiger partial charge < -0.3 is 9.64 Å². The number of fused-ring (bicyclic) bond motifs is 1. The zero-order valence-electron chi connectivity index (χ0n) is 15.8. The SMILES string of the molecule is CN(CC1CCOCC1)C(=O)c1csc2nc(-c3cccc(C(F)(F)F)c3)cn12. The maximum Gasteiger partial charge on any atom is 0.416 e. The van der Waals surface area contributed by atoms with Gasteiger partial charge in [0.2, 0.25) is 0 Å². The van der Waals surface area contributed by atoms with Gasteiger partial charge in [0.25, 0.3) is 5.91 Å². The van der Waals surface area contributed by atoms with E-state index >= 15 is 0 Å². The fraction of sp³-hybridized carbons (Fsp3) is 0.400. The first-order chi connectivity index (χ1) is 13.8. The van der Waals surface area contributed by atoms with E-state index in [-0.39, 0.29) is 5.91 Å². The van der Waals surface area contributed by atoms with Crippen LogP contribution in [-0.4, -0.2) is 47.0 Å². The van der Waals surface area contributed by atoms with Crippen molar-refractivity contribution in [2.45, 2.75) is 19.0 Å². The van der Waals surface area contributed by atoms with Crippen LogP contribution in [0.5, 0.6) is 0 Å². The third-order valence-corrected chi connectivity index (χ3v) is 5.97. The Kier molecular flexibility index (Phi) is 5.35. The first kappa shape index (κ1) is 19.9. The molecule has 0 unspecified atom stereocenters. The number of imidazole rings is 1. The molecular formula is C20H20F3N3O2S. The van der Waals surface area contributed by atoms with Crippen LogP contribution in [0.25, 0.3) is 16.2 Å². The van der Waals surface area contributed by atoms with E-state index in [2.05, 4.69) is 4.98 Å². The summed E-state index contributed by atoms with van der Waals surface area (Å²) in [6, 6.07) is 5.05. The number of thiazole rings is 1. The van der Waals surface area contributed by atoms with Crippen molar-refractivity contribution in [3.8, 4) is 11.3 Å². The van der Waals surface area contributed by atoms with Gasteiger partial charge in [-0.15, -0.1) is 11.3 Å². The van der Waals surface area contributed by atoms with E-state index in [1.165, 1.54) is 17.4 Å². The summed E-state index contributed by atoms with van der Waals surface area (Å²) in [5.74, 6) is 0.283. The lowest BCUT2D eigenvalue weighted by atomic mass is 10.00. The van der Waals surface area contributed by atoms with Crippen LogP contribution in [0.4, 0.5) is 13.2 Å². The van der Waals surface area contributed by atoms with Crippen molar-refractivity contribution in [1.82, 2.24) is 14.3 Å². The minimum atomic E-state index is -4.42. The molecule has 29 heavy (non-hydrogen) atoms. The average Bonchev–Trinajstić information content (AvgIpc) is 3.28. The van der Waals surface area contributed by atoms with Gasteiger partial charge in [0.05, 0.1) is 11.3 Å². The third-order valence-electron chi connectivity index (χ3n) is 5.13. The number of benzene rings is 1. The first-order valence-electron chi connectivity index (χ1n) is 9.30. The van der Waals surface area contributed by atoms with Gasteiger partial charge in [-0.1, -0.05) is 12.1 Å². The molecule has 2 aromatic heterocycles. The number of halogens is 3. The van der Waals surface area contributed by atoms with Gasteiger partial charge in [-0.25, -0.2) is 4.98 Å². The number of amides is 1. The summed E-state index contributed by atoms with van der Waals surface area (Å²) < 4.78 is 46.0. The summed E-state index contributed by atoms with van der Waals surface area (Å²) >= 11 is 1.29. The van der Waals surface area contributed by atoms with Crippen LogP contribution in [0.15, 0.2) is 35.8 Å². The molecule has 154 valence electrons. The lowest BCUT2D eigenvalue weighted by Crippen LogP contribution is -2.34. The first-order valence-corrected chi connectivity index (χ1v) is 10.2. The lowest BCUT2D eigenvalue weighted by molar-refractivity contribution is -0.137. The highest BCUT2D eigenvalue weighted by molar-refractivity contribution is 7.15. The highest BCUT2D eigenvalue weighted by atomic mass is 32.1. The maximum absolute atomic E-state index is 13.0. The highest BCUT2D eigenvalue weighted by Gasteiger charge is 2.30. The standard InChI is InChI=1S/C20H20F3N3O2S/c1-25(10-13-5-7-28-8-6-13)18(27)17-12-29-19-24-16(11-26(17)19)14-3-2-4-15(9-14)20(21,22)23/h2-4,9,11-13H,5-8,10H2,1H3. The van der Waals surface area contributed by atoms with Gasteiger partial charge in [-0.05, 0) is 30.9 Å². The summed E-state index contributed by atoms with van der Waals surface area (Å²) in [5.41, 5.74) is 0.512. The summed E-state index contributed by atoms with van der Waals surface area (Å²) in [6.07, 6.45) is -0.930. The second-order valence-electron chi connectivity index (χ2n) is 7.22. The van der Waals surface area contributed by atoms with Crippen LogP contribution in [0.1, 0.15) is 28.9 Å². The molecule has 0 radical (unpaired) electrons. The molecule has 0 N–H and O–H groups in total. The van der Waals surface area contributed by atoms with Gasteiger partial charge in [-0.3, -0.25) is 9.20 Å². The smallest absolute Gasteiger partial charge is 0.381 e. The molecule has 0 bridgehead atoms. The Balaban J connectivity index is 1.58. The predicted molar refractivity (Wildman–Crippen MR) is 104 cm³/mol. The van der Waals surface area contributed by atoms with Crippen molar-refractivity contribution >= 4 is 22.2 Å². The number of ether oxygens (including phenoxy) is 1. The van der Waals surface area contributed by atoms with Crippen LogP contribution in [0.2, 0.25) is 0 Å². The molecule has 0 saturated carbocycles. The fourth-order valence-electron chi connectivity index (χ4n) is 3.53. The number of carbonyl (C=O) groups excluding carboxylic acids is 1. The molecule has 1 aliphatic heterocycles. The highest BCUT2D eigenvalue weighted by Crippen LogP contribution is 2.32. The summed E-state index contributed by atoms with van der Waals surface area (Å²) in [7, 11) is 1.77. The van der Waals surface area contributed by atoms with Crippen LogP contribution < -0.4 is 0 Å². The third kappa shape index (κ3) is 4.16. The lowest BCUT2D eigenvalue weighted by Gasteiger charge is -2.27. The van der Waals surface area contributed by atoms with Gasteiger partial charge in [0.1, 0.15) is 5.69 Å². The fourth-order valence-corrected chi connectivity index (χ4v) is 4.37. The van der Waals surface area contributed by atoms with E-state index < -0.39 is 11.7 Å². The second-order valence-corrected chi connectivity index (χ2v) is 8.06. The van der Waals surface area contributed by atoms with E-state index in [1.807, 2.05) is 0 Å². The monoisotopic (exact) mass is 423 g/mol. The molecule has 5 nitrogen and oxygen atoms in total. The number of aromatic nitrogens is 2. The molecule has 9 heteroatoms. The Morgan fingerprint density at radius 2 is 2.10 bits per heavy atom. The summed E-state index contributed by atoms with van der Waals surface area (Å²) in [6.45, 7) is 2.09. The van der Waals surface area contributed by atoms with Gasteiger partial charge in [-0.2, -0.15) is 13.2 Å². The van der Waals surface area contributed by atoms with Crippen LogP contribution in [0, 0.1) is 5.92 Å². The largest absolute Gasteiger partial charge is 0.416 e. The second kappa shape index (κ2) is 7.79. The molecule has 1 aliphatic rings. The van der Waals surface area contributed by atoms with Gasteiger partial charge >= 0.3 is 6.18 Å². The molecule has 0 aliphatic carbocycles. The predicted octanol–water partition coefficient (Wildman–Crippen LogP) is 4.58. The Bertz CT molecular complexity index is 1020. The molecule has 1 saturated heterocycles. The van der Waals surface area contributed by atoms with E-state index in [9.17, 15) is 18.0 Å². The minimum Gasteiger partial charge on any atom is -0.381 e. The quantitative estimate of drug-likeness (QED) is 0.617. The number of rotatable bonds is 4. The zero-order valence-corrected chi connectivity index (χ0v) is 16.6. The summed E-state index contributed by atoms with van der Waals surface area (Å²) in [5, 5.41) is 1.74. The molecule has 0 atom stereocenters. The van der Waals surface area contributed by atoms with Crippen molar-refractivity contribution < 1.29 is 22.7 Å². The molecule has 1 amide bonds. The number of hydrogen-bond donors (Lipinski definition) is 0. The molecule has 0 spiro atoms. The van der Waals surface area contributed by atoms with Crippen molar-refractivity contribution in [3.05, 3.63) is 47.1 Å². The molecule has 1 fully saturated rings. The Morgan fingerprint density at radius 3 is 2.83 bits per heavy atom. The molecule has 3 heterocycles. The van der Waals surface area contributed by atoms with E-state index in [4.69, 9.17) is 4.74 Å². The van der Waals surface area contributed by atoms with E-state index in [0.717, 1.165) is 38.2 Å². The normalized spacial score (nSPS) is 15.7. The number of nitrogens with zero attached hydrogens (tertiary/aromatic N) is 3. The van der Waals surface area contributed by atoms with Crippen molar-refractivity contribution in [2.75, 3.05) is 26.8 Å². The molecule has 3 aromatic rings. The van der Waals surface area contributed by atoms with Crippen LogP contribution in [0.3, 0.4) is 0 Å². The average molecular weight is 423 g/mol. The number of alkyl halides is 3. The van der Waals surface area contributed by atoms with Gasteiger partial charge in [0, 0.05) is 43.9 Å². The Labute approximate surface area is 169 Å². The maximum atomic E-state index is 13.0. The Hall–Kier alpha value is -2.39. The zero-order chi connectivity index (χ0) is 20.6. The van der Waals surface area contributed by atoms with Crippen molar-refractivity contribution in [2.24, 2.45) is 5.92 Å². The molecular weight excluding hydrogens is 403 g/mol. The van der Waals surface area contributed by atoms with Crippen molar-refractivity contribution in [3.63, 3.8) is 0 Å². The van der Waals surface area contributed by atoms with Crippen molar-refractivity contribution in [1.29, 1.82) is 0 Å². The Morgan fingerprint density at radius 1 is 1.34 bits per heavy atom. The number of carbonyl (C=O) groups is 1. The number of hydrogen-bond acceptors (Lipinski definition) is 4. The van der Waals surface area contributed by atoms with Crippen LogP contribution in [-0.2, 0) is 10.9 Å².